The molecule has 0 spiro atoms. The lowest BCUT2D eigenvalue weighted by Gasteiger charge is -2.21. The number of rotatable bonds is 2. The third-order valence-corrected chi connectivity index (χ3v) is 2.68. The van der Waals surface area contributed by atoms with Gasteiger partial charge in [-0.25, -0.2) is 9.78 Å². The molecule has 0 radical (unpaired) electrons. The van der Waals surface area contributed by atoms with Crippen LogP contribution in [0.5, 0.6) is 0 Å². The molecule has 1 saturated heterocycles. The van der Waals surface area contributed by atoms with Crippen LogP contribution in [0.3, 0.4) is 0 Å². The fourth-order valence-corrected chi connectivity index (χ4v) is 1.78. The Balaban J connectivity index is 2.48. The van der Waals surface area contributed by atoms with E-state index in [1.807, 2.05) is 0 Å². The summed E-state index contributed by atoms with van der Waals surface area (Å²) in [7, 11) is 0. The molecule has 0 bridgehead atoms. The molecule has 1 aliphatic heterocycles. The Hall–Kier alpha value is -1.69. The Morgan fingerprint density at radius 3 is 3.00 bits per heavy atom. The molecule has 2 heterocycles. The second kappa shape index (κ2) is 3.71. The van der Waals surface area contributed by atoms with Crippen LogP contribution in [0.15, 0.2) is 10.9 Å². The first-order valence-electron chi connectivity index (χ1n) is 5.00. The molecule has 1 aliphatic rings. The Kier molecular flexibility index (Phi) is 2.51. The van der Waals surface area contributed by atoms with Crippen molar-refractivity contribution in [2.45, 2.75) is 25.4 Å². The second-order valence-electron chi connectivity index (χ2n) is 3.97. The van der Waals surface area contributed by atoms with E-state index in [1.54, 1.807) is 6.92 Å². The highest BCUT2D eigenvalue weighted by molar-refractivity contribution is 5.85. The first-order valence-corrected chi connectivity index (χ1v) is 5.00. The summed E-state index contributed by atoms with van der Waals surface area (Å²) < 4.78 is 5.49. The first kappa shape index (κ1) is 10.8. The van der Waals surface area contributed by atoms with Crippen LogP contribution in [-0.2, 0) is 10.3 Å². The van der Waals surface area contributed by atoms with Gasteiger partial charge >= 0.3 is 5.97 Å². The van der Waals surface area contributed by atoms with E-state index in [-0.39, 0.29) is 11.5 Å². The zero-order valence-electron chi connectivity index (χ0n) is 8.82. The van der Waals surface area contributed by atoms with Crippen molar-refractivity contribution in [3.63, 3.8) is 0 Å². The van der Waals surface area contributed by atoms with Gasteiger partial charge in [0.1, 0.15) is 11.4 Å². The Labute approximate surface area is 91.3 Å². The Morgan fingerprint density at radius 1 is 1.69 bits per heavy atom. The molecule has 0 aliphatic carbocycles. The number of H-pyrrole nitrogens is 1. The maximum atomic E-state index is 11.3. The molecule has 1 fully saturated rings. The van der Waals surface area contributed by atoms with Crippen molar-refractivity contribution >= 4 is 5.97 Å². The highest BCUT2D eigenvalue weighted by atomic mass is 16.5. The summed E-state index contributed by atoms with van der Waals surface area (Å²) >= 11 is 0. The number of hydrogen-bond acceptors (Lipinski definition) is 4. The average molecular weight is 224 g/mol. The second-order valence-corrected chi connectivity index (χ2v) is 3.97. The SMILES string of the molecule is CC1(c2nc(C(=O)O)cc(=O)[nH]2)CCCO1. The summed E-state index contributed by atoms with van der Waals surface area (Å²) in [6.45, 7) is 2.39. The third-order valence-electron chi connectivity index (χ3n) is 2.68. The normalized spacial score (nSPS) is 24.6. The van der Waals surface area contributed by atoms with Crippen LogP contribution in [0.25, 0.3) is 0 Å². The number of hydrogen-bond donors (Lipinski definition) is 2. The number of nitrogens with one attached hydrogen (secondary N) is 1. The van der Waals surface area contributed by atoms with E-state index in [0.717, 1.165) is 18.9 Å². The molecular formula is C10H12N2O4. The number of carbonyl (C=O) groups is 1. The van der Waals surface area contributed by atoms with Gasteiger partial charge in [0.2, 0.25) is 0 Å². The fourth-order valence-electron chi connectivity index (χ4n) is 1.78. The summed E-state index contributed by atoms with van der Waals surface area (Å²) in [5.41, 5.74) is -1.40. The van der Waals surface area contributed by atoms with Gasteiger partial charge < -0.3 is 14.8 Å². The van der Waals surface area contributed by atoms with Gasteiger partial charge in [0, 0.05) is 12.7 Å². The molecule has 0 aromatic carbocycles. The number of aromatic amines is 1. The predicted octanol–water partition coefficient (Wildman–Crippen LogP) is 0.494. The topological polar surface area (TPSA) is 92.3 Å². The summed E-state index contributed by atoms with van der Waals surface area (Å²) in [6.07, 6.45) is 1.59. The molecule has 0 saturated carbocycles. The van der Waals surface area contributed by atoms with Crippen molar-refractivity contribution in [3.8, 4) is 0 Å². The summed E-state index contributed by atoms with van der Waals surface area (Å²) in [5.74, 6) is -0.927. The van der Waals surface area contributed by atoms with E-state index in [0.29, 0.717) is 6.61 Å². The van der Waals surface area contributed by atoms with Gasteiger partial charge in [-0.3, -0.25) is 4.79 Å². The molecule has 1 aromatic rings. The molecule has 1 atom stereocenters. The van der Waals surface area contributed by atoms with Crippen LogP contribution in [0, 0.1) is 0 Å². The number of carboxylic acid groups (broad SMARTS) is 1. The molecule has 6 nitrogen and oxygen atoms in total. The van der Waals surface area contributed by atoms with E-state index >= 15 is 0 Å². The number of ether oxygens (including phenoxy) is 1. The molecule has 86 valence electrons. The lowest BCUT2D eigenvalue weighted by molar-refractivity contribution is 0.00888. The summed E-state index contributed by atoms with van der Waals surface area (Å²) in [6, 6.07) is 0.962. The van der Waals surface area contributed by atoms with Gasteiger partial charge in [-0.2, -0.15) is 0 Å². The molecule has 0 amide bonds. The third kappa shape index (κ3) is 1.83. The van der Waals surface area contributed by atoms with E-state index < -0.39 is 17.1 Å². The van der Waals surface area contributed by atoms with E-state index in [1.165, 1.54) is 0 Å². The van der Waals surface area contributed by atoms with Crippen molar-refractivity contribution in [1.82, 2.24) is 9.97 Å². The lowest BCUT2D eigenvalue weighted by atomic mass is 10.0. The summed E-state index contributed by atoms with van der Waals surface area (Å²) in [5, 5.41) is 8.80. The van der Waals surface area contributed by atoms with Crippen molar-refractivity contribution < 1.29 is 14.6 Å². The van der Waals surface area contributed by atoms with Crippen LogP contribution < -0.4 is 5.56 Å². The van der Waals surface area contributed by atoms with Crippen LogP contribution in [-0.4, -0.2) is 27.7 Å². The van der Waals surface area contributed by atoms with E-state index in [4.69, 9.17) is 9.84 Å². The van der Waals surface area contributed by atoms with Crippen LogP contribution >= 0.6 is 0 Å². The highest BCUT2D eigenvalue weighted by Crippen LogP contribution is 2.32. The van der Waals surface area contributed by atoms with Crippen molar-refractivity contribution in [2.75, 3.05) is 6.61 Å². The van der Waals surface area contributed by atoms with E-state index in [9.17, 15) is 9.59 Å². The number of aromatic carboxylic acids is 1. The molecule has 1 unspecified atom stereocenters. The fraction of sp³-hybridized carbons (Fsp3) is 0.500. The number of aromatic nitrogens is 2. The molecular weight excluding hydrogens is 212 g/mol. The smallest absolute Gasteiger partial charge is 0.354 e. The van der Waals surface area contributed by atoms with Gasteiger partial charge in [-0.15, -0.1) is 0 Å². The minimum Gasteiger partial charge on any atom is -0.477 e. The average Bonchev–Trinajstić information content (AvgIpc) is 2.65. The minimum atomic E-state index is -1.21. The van der Waals surface area contributed by atoms with Crippen molar-refractivity contribution in [1.29, 1.82) is 0 Å². The molecule has 16 heavy (non-hydrogen) atoms. The van der Waals surface area contributed by atoms with Crippen molar-refractivity contribution in [3.05, 3.63) is 27.9 Å². The number of carboxylic acids is 1. The standard InChI is InChI=1S/C10H12N2O4/c1-10(3-2-4-16-10)9-11-6(8(14)15)5-7(13)12-9/h5H,2-4H2,1H3,(H,14,15)(H,11,12,13). The number of nitrogens with zero attached hydrogens (tertiary/aromatic N) is 1. The largest absolute Gasteiger partial charge is 0.477 e. The van der Waals surface area contributed by atoms with Gasteiger partial charge in [0.05, 0.1) is 0 Å². The maximum absolute atomic E-state index is 11.3. The molecule has 2 rings (SSSR count). The molecule has 1 aromatic heterocycles. The van der Waals surface area contributed by atoms with Gasteiger partial charge in [-0.05, 0) is 19.8 Å². The molecule has 2 N–H and O–H groups in total. The predicted molar refractivity (Wildman–Crippen MR) is 54.4 cm³/mol. The van der Waals surface area contributed by atoms with Gasteiger partial charge in [0.25, 0.3) is 5.56 Å². The van der Waals surface area contributed by atoms with Crippen LogP contribution in [0.2, 0.25) is 0 Å². The maximum Gasteiger partial charge on any atom is 0.354 e. The first-order chi connectivity index (χ1) is 7.51. The van der Waals surface area contributed by atoms with E-state index in [2.05, 4.69) is 9.97 Å². The minimum absolute atomic E-state index is 0.254. The highest BCUT2D eigenvalue weighted by Gasteiger charge is 2.34. The van der Waals surface area contributed by atoms with Crippen LogP contribution in [0.1, 0.15) is 36.1 Å². The molecule has 6 heteroatoms. The van der Waals surface area contributed by atoms with Gasteiger partial charge in [-0.1, -0.05) is 0 Å². The Bertz CT molecular complexity index is 474. The zero-order valence-corrected chi connectivity index (χ0v) is 8.82. The lowest BCUT2D eigenvalue weighted by Crippen LogP contribution is -2.28. The Morgan fingerprint density at radius 2 is 2.44 bits per heavy atom. The zero-order chi connectivity index (χ0) is 11.8. The monoisotopic (exact) mass is 224 g/mol. The van der Waals surface area contributed by atoms with Gasteiger partial charge in [0.15, 0.2) is 5.69 Å². The van der Waals surface area contributed by atoms with Crippen molar-refractivity contribution in [2.24, 2.45) is 0 Å². The summed E-state index contributed by atoms with van der Waals surface area (Å²) in [4.78, 5) is 28.5. The van der Waals surface area contributed by atoms with Crippen LogP contribution in [0.4, 0.5) is 0 Å². The quantitative estimate of drug-likeness (QED) is 0.762.